The zero-order valence-corrected chi connectivity index (χ0v) is 12.6. The average Bonchev–Trinajstić information content (AvgIpc) is 2.66. The van der Waals surface area contributed by atoms with Crippen molar-refractivity contribution in [3.8, 4) is 0 Å². The van der Waals surface area contributed by atoms with Crippen LogP contribution in [0, 0.1) is 5.82 Å². The lowest BCUT2D eigenvalue weighted by molar-refractivity contribution is 0.600. The molecule has 0 spiro atoms. The Morgan fingerprint density at radius 2 is 2.32 bits per heavy atom. The molecule has 19 heavy (non-hydrogen) atoms. The van der Waals surface area contributed by atoms with Gasteiger partial charge in [-0.15, -0.1) is 0 Å². The fourth-order valence-corrected chi connectivity index (χ4v) is 4.64. The molecule has 1 aliphatic rings. The third-order valence-corrected chi connectivity index (χ3v) is 5.91. The molecule has 1 fully saturated rings. The van der Waals surface area contributed by atoms with E-state index in [1.54, 1.807) is 6.07 Å². The minimum Gasteiger partial charge on any atom is -0.367 e. The standard InChI is InChI=1S/C12H14FNO2S3/c13-10-3-1-2-9(6-10)7-18-12(17)14-11-4-5-19(15,16)8-11/h1-3,6,11H,4-5,7-8H2,(H,14,17)/t11-/m0/s1. The van der Waals surface area contributed by atoms with Crippen molar-refractivity contribution < 1.29 is 12.8 Å². The van der Waals surface area contributed by atoms with Gasteiger partial charge >= 0.3 is 0 Å². The van der Waals surface area contributed by atoms with E-state index in [0.717, 1.165) is 5.56 Å². The van der Waals surface area contributed by atoms with Crippen molar-refractivity contribution in [1.29, 1.82) is 0 Å². The highest BCUT2D eigenvalue weighted by molar-refractivity contribution is 8.22. The summed E-state index contributed by atoms with van der Waals surface area (Å²) in [6, 6.07) is 6.27. The first kappa shape index (κ1) is 14.7. The van der Waals surface area contributed by atoms with Gasteiger partial charge in [0.2, 0.25) is 0 Å². The van der Waals surface area contributed by atoms with Gasteiger partial charge in [0.1, 0.15) is 10.1 Å². The van der Waals surface area contributed by atoms with Gasteiger partial charge in [0.25, 0.3) is 0 Å². The van der Waals surface area contributed by atoms with Crippen LogP contribution in [0.15, 0.2) is 24.3 Å². The Labute approximate surface area is 121 Å². The Balaban J connectivity index is 1.79. The molecule has 0 unspecified atom stereocenters. The van der Waals surface area contributed by atoms with Crippen molar-refractivity contribution >= 4 is 38.1 Å². The highest BCUT2D eigenvalue weighted by Crippen LogP contribution is 2.17. The minimum absolute atomic E-state index is 0.0856. The number of benzene rings is 1. The first-order chi connectivity index (χ1) is 8.94. The molecule has 1 heterocycles. The van der Waals surface area contributed by atoms with Crippen molar-refractivity contribution in [3.05, 3.63) is 35.6 Å². The molecule has 0 radical (unpaired) electrons. The van der Waals surface area contributed by atoms with E-state index in [0.29, 0.717) is 16.5 Å². The molecule has 1 N–H and O–H groups in total. The van der Waals surface area contributed by atoms with Crippen LogP contribution in [0.2, 0.25) is 0 Å². The maximum absolute atomic E-state index is 13.0. The molecule has 1 aliphatic heterocycles. The van der Waals surface area contributed by atoms with Crippen molar-refractivity contribution in [1.82, 2.24) is 5.32 Å². The topological polar surface area (TPSA) is 46.2 Å². The summed E-state index contributed by atoms with van der Waals surface area (Å²) in [5.41, 5.74) is 0.855. The van der Waals surface area contributed by atoms with Gasteiger partial charge in [0, 0.05) is 11.8 Å². The average molecular weight is 319 g/mol. The molecule has 1 atom stereocenters. The van der Waals surface area contributed by atoms with E-state index in [1.165, 1.54) is 23.9 Å². The summed E-state index contributed by atoms with van der Waals surface area (Å²) in [6.07, 6.45) is 0.600. The van der Waals surface area contributed by atoms with E-state index < -0.39 is 9.84 Å². The van der Waals surface area contributed by atoms with E-state index in [2.05, 4.69) is 5.32 Å². The molecule has 104 valence electrons. The van der Waals surface area contributed by atoms with Gasteiger partial charge in [-0.1, -0.05) is 36.1 Å². The Morgan fingerprint density at radius 3 is 2.95 bits per heavy atom. The summed E-state index contributed by atoms with van der Waals surface area (Å²) in [5.74, 6) is 0.678. The molecule has 0 saturated carbocycles. The van der Waals surface area contributed by atoms with Gasteiger partial charge in [-0.05, 0) is 24.1 Å². The second kappa shape index (κ2) is 6.19. The van der Waals surface area contributed by atoms with Crippen LogP contribution in [0.25, 0.3) is 0 Å². The monoisotopic (exact) mass is 319 g/mol. The molecule has 0 aromatic heterocycles. The van der Waals surface area contributed by atoms with Gasteiger partial charge in [0.15, 0.2) is 9.84 Å². The predicted molar refractivity (Wildman–Crippen MR) is 80.5 cm³/mol. The van der Waals surface area contributed by atoms with E-state index >= 15 is 0 Å². The van der Waals surface area contributed by atoms with E-state index in [4.69, 9.17) is 12.2 Å². The number of hydrogen-bond donors (Lipinski definition) is 1. The second-order valence-corrected chi connectivity index (χ2v) is 8.33. The number of halogens is 1. The van der Waals surface area contributed by atoms with Crippen LogP contribution in [0.4, 0.5) is 4.39 Å². The van der Waals surface area contributed by atoms with Crippen molar-refractivity contribution in [2.75, 3.05) is 11.5 Å². The largest absolute Gasteiger partial charge is 0.367 e. The maximum atomic E-state index is 13.0. The Morgan fingerprint density at radius 1 is 1.53 bits per heavy atom. The number of sulfone groups is 1. The van der Waals surface area contributed by atoms with Crippen LogP contribution in [0.3, 0.4) is 0 Å². The lowest BCUT2D eigenvalue weighted by atomic mass is 10.2. The smallest absolute Gasteiger partial charge is 0.152 e. The van der Waals surface area contributed by atoms with Crippen LogP contribution in [0.5, 0.6) is 0 Å². The van der Waals surface area contributed by atoms with Crippen molar-refractivity contribution in [3.63, 3.8) is 0 Å². The third-order valence-electron chi connectivity index (χ3n) is 2.81. The Kier molecular flexibility index (Phi) is 4.81. The fraction of sp³-hybridized carbons (Fsp3) is 0.417. The first-order valence-electron chi connectivity index (χ1n) is 5.83. The molecule has 2 rings (SSSR count). The highest BCUT2D eigenvalue weighted by Gasteiger charge is 2.28. The zero-order chi connectivity index (χ0) is 13.9. The van der Waals surface area contributed by atoms with Gasteiger partial charge in [-0.3, -0.25) is 0 Å². The van der Waals surface area contributed by atoms with Gasteiger partial charge < -0.3 is 5.32 Å². The number of hydrogen-bond acceptors (Lipinski definition) is 4. The maximum Gasteiger partial charge on any atom is 0.152 e. The molecule has 0 aliphatic carbocycles. The number of thiocarbonyl (C=S) groups is 1. The van der Waals surface area contributed by atoms with Gasteiger partial charge in [0.05, 0.1) is 11.5 Å². The summed E-state index contributed by atoms with van der Waals surface area (Å²) < 4.78 is 36.2. The third kappa shape index (κ3) is 4.74. The van der Waals surface area contributed by atoms with Crippen LogP contribution in [-0.2, 0) is 15.6 Å². The summed E-state index contributed by atoms with van der Waals surface area (Å²) in [5, 5.41) is 3.04. The second-order valence-electron chi connectivity index (χ2n) is 4.45. The Bertz CT molecular complexity index is 574. The molecular formula is C12H14FNO2S3. The molecule has 0 amide bonds. The lowest BCUT2D eigenvalue weighted by Gasteiger charge is -2.12. The van der Waals surface area contributed by atoms with Crippen molar-refractivity contribution in [2.24, 2.45) is 0 Å². The van der Waals surface area contributed by atoms with E-state index in [1.807, 2.05) is 6.07 Å². The summed E-state index contributed by atoms with van der Waals surface area (Å²) >= 11 is 6.54. The van der Waals surface area contributed by atoms with Crippen LogP contribution in [0.1, 0.15) is 12.0 Å². The zero-order valence-electron chi connectivity index (χ0n) is 10.1. The summed E-state index contributed by atoms with van der Waals surface area (Å²) in [7, 11) is -2.89. The molecule has 3 nitrogen and oxygen atoms in total. The van der Waals surface area contributed by atoms with Gasteiger partial charge in [-0.25, -0.2) is 12.8 Å². The molecule has 0 bridgehead atoms. The minimum atomic E-state index is -2.89. The van der Waals surface area contributed by atoms with E-state index in [9.17, 15) is 12.8 Å². The molecule has 1 aromatic rings. The predicted octanol–water partition coefficient (Wildman–Crippen LogP) is 2.12. The summed E-state index contributed by atoms with van der Waals surface area (Å²) in [4.78, 5) is 0. The SMILES string of the molecule is O=S1(=O)CC[C@H](NC(=S)SCc2cccc(F)c2)C1. The number of thioether (sulfide) groups is 1. The molecule has 7 heteroatoms. The van der Waals surface area contributed by atoms with Crippen LogP contribution < -0.4 is 5.32 Å². The quantitative estimate of drug-likeness (QED) is 0.865. The molecular weight excluding hydrogens is 305 g/mol. The van der Waals surface area contributed by atoms with Crippen molar-refractivity contribution in [2.45, 2.75) is 18.2 Å². The van der Waals surface area contributed by atoms with Crippen LogP contribution in [-0.4, -0.2) is 30.3 Å². The molecule has 1 saturated heterocycles. The van der Waals surface area contributed by atoms with Gasteiger partial charge in [-0.2, -0.15) is 0 Å². The number of nitrogens with one attached hydrogen (secondary N) is 1. The Hall–Kier alpha value is -0.660. The highest BCUT2D eigenvalue weighted by atomic mass is 32.2. The summed E-state index contributed by atoms with van der Waals surface area (Å²) in [6.45, 7) is 0. The van der Waals surface area contributed by atoms with E-state index in [-0.39, 0.29) is 23.4 Å². The molecule has 1 aromatic carbocycles. The van der Waals surface area contributed by atoms with Crippen LogP contribution >= 0.6 is 24.0 Å². The first-order valence-corrected chi connectivity index (χ1v) is 9.04. The fourth-order valence-electron chi connectivity index (χ4n) is 1.89. The normalized spacial score (nSPS) is 21.2. The lowest BCUT2D eigenvalue weighted by Crippen LogP contribution is -2.32. The number of rotatable bonds is 3.